The van der Waals surface area contributed by atoms with Crippen molar-refractivity contribution in [2.45, 2.75) is 6.92 Å². The molecule has 0 bridgehead atoms. The Hall–Kier alpha value is -3.66. The molecule has 1 amide bonds. The van der Waals surface area contributed by atoms with Gasteiger partial charge in [-0.3, -0.25) is 9.59 Å². The molecule has 1 aliphatic rings. The summed E-state index contributed by atoms with van der Waals surface area (Å²) < 4.78 is 0. The van der Waals surface area contributed by atoms with E-state index in [-0.39, 0.29) is 11.4 Å². The molecule has 7 heteroatoms. The normalized spacial score (nSPS) is 14.4. The number of anilines is 2. The Kier molecular flexibility index (Phi) is 6.02. The minimum Gasteiger partial charge on any atom is -0.373 e. The first-order chi connectivity index (χ1) is 13.6. The van der Waals surface area contributed by atoms with Crippen LogP contribution in [-0.4, -0.2) is 47.8 Å². The Labute approximate surface area is 163 Å². The number of nitrogens with one attached hydrogen (secondary N) is 1. The lowest BCUT2D eigenvalue weighted by Crippen LogP contribution is -2.44. The fourth-order valence-electron chi connectivity index (χ4n) is 2.93. The Balaban J connectivity index is 1.60. The number of ketones is 1. The van der Waals surface area contributed by atoms with Crippen molar-refractivity contribution in [3.05, 3.63) is 66.0 Å². The standard InChI is InChI=1S/C21H21N5O2/c1-16(27)17-5-7-19(8-6-17)24-21(28)18(14-22)15-25-10-12-26(13-11-25)20-4-2-3-9-23-20/h2-9,15H,10-13H2,1H3,(H,24,28)/b18-15-. The summed E-state index contributed by atoms with van der Waals surface area (Å²) in [5.74, 6) is 0.420. The number of piperazine rings is 1. The first kappa shape index (κ1) is 19.1. The molecule has 0 aliphatic carbocycles. The van der Waals surface area contributed by atoms with Crippen molar-refractivity contribution in [3.8, 4) is 6.07 Å². The van der Waals surface area contributed by atoms with Gasteiger partial charge in [-0.05, 0) is 43.3 Å². The van der Waals surface area contributed by atoms with E-state index < -0.39 is 5.91 Å². The Bertz CT molecular complexity index is 908. The number of pyridine rings is 1. The highest BCUT2D eigenvalue weighted by molar-refractivity contribution is 6.06. The van der Waals surface area contributed by atoms with Gasteiger partial charge < -0.3 is 15.1 Å². The number of hydrogen-bond donors (Lipinski definition) is 1. The van der Waals surface area contributed by atoms with Crippen molar-refractivity contribution in [1.29, 1.82) is 5.26 Å². The highest BCUT2D eigenvalue weighted by Crippen LogP contribution is 2.15. The molecule has 0 saturated carbocycles. The fraction of sp³-hybridized carbons (Fsp3) is 0.238. The third-order valence-electron chi connectivity index (χ3n) is 4.51. The number of carbonyl (C=O) groups is 2. The molecular formula is C21H21N5O2. The number of nitrogens with zero attached hydrogens (tertiary/aromatic N) is 4. The van der Waals surface area contributed by atoms with Crippen LogP contribution in [0.5, 0.6) is 0 Å². The molecule has 1 N–H and O–H groups in total. The van der Waals surface area contributed by atoms with E-state index in [0.29, 0.717) is 24.3 Å². The predicted octanol–water partition coefficient (Wildman–Crippen LogP) is 2.45. The topological polar surface area (TPSA) is 89.3 Å². The maximum absolute atomic E-state index is 12.4. The third-order valence-corrected chi connectivity index (χ3v) is 4.51. The minimum atomic E-state index is -0.467. The molecule has 3 rings (SSSR count). The molecule has 28 heavy (non-hydrogen) atoms. The number of benzene rings is 1. The number of Topliss-reactive ketones (excluding diaryl/α,β-unsaturated/α-hetero) is 1. The van der Waals surface area contributed by atoms with E-state index in [0.717, 1.165) is 18.9 Å². The van der Waals surface area contributed by atoms with Crippen LogP contribution in [0.25, 0.3) is 0 Å². The lowest BCUT2D eigenvalue weighted by atomic mass is 10.1. The number of nitriles is 1. The average Bonchev–Trinajstić information content (AvgIpc) is 2.73. The Morgan fingerprint density at radius 1 is 1.11 bits per heavy atom. The molecule has 2 aromatic rings. The van der Waals surface area contributed by atoms with E-state index in [4.69, 9.17) is 0 Å². The lowest BCUT2D eigenvalue weighted by Gasteiger charge is -2.34. The van der Waals surface area contributed by atoms with Gasteiger partial charge in [0.2, 0.25) is 0 Å². The summed E-state index contributed by atoms with van der Waals surface area (Å²) in [4.78, 5) is 32.2. The number of aromatic nitrogens is 1. The van der Waals surface area contributed by atoms with E-state index in [1.54, 1.807) is 36.7 Å². The Morgan fingerprint density at radius 2 is 1.82 bits per heavy atom. The van der Waals surface area contributed by atoms with E-state index in [2.05, 4.69) is 15.2 Å². The second-order valence-electron chi connectivity index (χ2n) is 6.45. The number of hydrogen-bond acceptors (Lipinski definition) is 6. The van der Waals surface area contributed by atoms with Crippen molar-refractivity contribution in [2.75, 3.05) is 36.4 Å². The summed E-state index contributed by atoms with van der Waals surface area (Å²) in [6, 6.07) is 14.4. The average molecular weight is 375 g/mol. The predicted molar refractivity (Wildman–Crippen MR) is 107 cm³/mol. The summed E-state index contributed by atoms with van der Waals surface area (Å²) in [6.07, 6.45) is 3.37. The highest BCUT2D eigenvalue weighted by Gasteiger charge is 2.18. The SMILES string of the molecule is CC(=O)c1ccc(NC(=O)/C(C#N)=C\N2CCN(c3ccccn3)CC2)cc1. The van der Waals surface area contributed by atoms with E-state index in [9.17, 15) is 14.9 Å². The van der Waals surface area contributed by atoms with E-state index in [1.165, 1.54) is 6.92 Å². The van der Waals surface area contributed by atoms with Gasteiger partial charge in [-0.1, -0.05) is 6.07 Å². The smallest absolute Gasteiger partial charge is 0.267 e. The molecule has 142 valence electrons. The van der Waals surface area contributed by atoms with Crippen molar-refractivity contribution in [2.24, 2.45) is 0 Å². The van der Waals surface area contributed by atoms with Crippen molar-refractivity contribution < 1.29 is 9.59 Å². The molecule has 1 fully saturated rings. The second-order valence-corrected chi connectivity index (χ2v) is 6.45. The van der Waals surface area contributed by atoms with Crippen LogP contribution in [0.4, 0.5) is 11.5 Å². The van der Waals surface area contributed by atoms with Crippen molar-refractivity contribution >= 4 is 23.2 Å². The molecule has 7 nitrogen and oxygen atoms in total. The van der Waals surface area contributed by atoms with Gasteiger partial charge in [0.25, 0.3) is 5.91 Å². The van der Waals surface area contributed by atoms with Gasteiger partial charge in [-0.15, -0.1) is 0 Å². The van der Waals surface area contributed by atoms with Crippen LogP contribution in [0.3, 0.4) is 0 Å². The van der Waals surface area contributed by atoms with Crippen LogP contribution < -0.4 is 10.2 Å². The molecule has 1 aromatic heterocycles. The summed E-state index contributed by atoms with van der Waals surface area (Å²) in [7, 11) is 0. The number of rotatable bonds is 5. The molecule has 0 radical (unpaired) electrons. The van der Waals surface area contributed by atoms with Crippen LogP contribution in [0.2, 0.25) is 0 Å². The minimum absolute atomic E-state index is 0.0414. The maximum atomic E-state index is 12.4. The highest BCUT2D eigenvalue weighted by atomic mass is 16.1. The van der Waals surface area contributed by atoms with Crippen LogP contribution in [0.1, 0.15) is 17.3 Å². The van der Waals surface area contributed by atoms with Crippen molar-refractivity contribution in [3.63, 3.8) is 0 Å². The van der Waals surface area contributed by atoms with E-state index in [1.807, 2.05) is 29.2 Å². The molecule has 1 saturated heterocycles. The van der Waals surface area contributed by atoms with Gasteiger partial charge in [0.15, 0.2) is 5.78 Å². The maximum Gasteiger partial charge on any atom is 0.267 e. The van der Waals surface area contributed by atoms with Crippen LogP contribution in [0, 0.1) is 11.3 Å². The van der Waals surface area contributed by atoms with Gasteiger partial charge in [0.1, 0.15) is 17.5 Å². The molecular weight excluding hydrogens is 354 g/mol. The first-order valence-corrected chi connectivity index (χ1v) is 9.01. The molecule has 0 atom stereocenters. The van der Waals surface area contributed by atoms with Gasteiger partial charge >= 0.3 is 0 Å². The first-order valence-electron chi connectivity index (χ1n) is 9.01. The van der Waals surface area contributed by atoms with Gasteiger partial charge in [0.05, 0.1) is 0 Å². The quantitative estimate of drug-likeness (QED) is 0.491. The zero-order valence-corrected chi connectivity index (χ0v) is 15.6. The van der Waals surface area contributed by atoms with Crippen molar-refractivity contribution in [1.82, 2.24) is 9.88 Å². The summed E-state index contributed by atoms with van der Waals surface area (Å²) in [6.45, 7) is 4.41. The van der Waals surface area contributed by atoms with Gasteiger partial charge in [0, 0.05) is 49.8 Å². The van der Waals surface area contributed by atoms with Crippen LogP contribution >= 0.6 is 0 Å². The monoisotopic (exact) mass is 375 g/mol. The Morgan fingerprint density at radius 3 is 2.39 bits per heavy atom. The molecule has 0 spiro atoms. The van der Waals surface area contributed by atoms with Crippen LogP contribution in [-0.2, 0) is 4.79 Å². The molecule has 2 heterocycles. The van der Waals surface area contributed by atoms with Gasteiger partial charge in [-0.2, -0.15) is 5.26 Å². The summed E-state index contributed by atoms with van der Waals surface area (Å²) in [5, 5.41) is 12.1. The fourth-order valence-corrected chi connectivity index (χ4v) is 2.93. The zero-order chi connectivity index (χ0) is 19.9. The molecule has 0 unspecified atom stereocenters. The summed E-state index contributed by atoms with van der Waals surface area (Å²) in [5.41, 5.74) is 1.15. The van der Waals surface area contributed by atoms with Gasteiger partial charge in [-0.25, -0.2) is 4.98 Å². The second kappa shape index (κ2) is 8.82. The van der Waals surface area contributed by atoms with Crippen LogP contribution in [0.15, 0.2) is 60.4 Å². The third kappa shape index (κ3) is 4.74. The summed E-state index contributed by atoms with van der Waals surface area (Å²) >= 11 is 0. The molecule has 1 aromatic carbocycles. The van der Waals surface area contributed by atoms with E-state index >= 15 is 0 Å². The lowest BCUT2D eigenvalue weighted by molar-refractivity contribution is -0.112. The molecule has 1 aliphatic heterocycles. The zero-order valence-electron chi connectivity index (χ0n) is 15.6. The number of amides is 1. The largest absolute Gasteiger partial charge is 0.373 e. The number of carbonyl (C=O) groups excluding carboxylic acids is 2.